The summed E-state index contributed by atoms with van der Waals surface area (Å²) >= 11 is 1.47. The monoisotopic (exact) mass is 331 g/mol. The predicted octanol–water partition coefficient (Wildman–Crippen LogP) is 3.76. The zero-order valence-corrected chi connectivity index (χ0v) is 14.3. The van der Waals surface area contributed by atoms with Crippen LogP contribution in [-0.2, 0) is 4.79 Å². The number of ether oxygens (including phenoxy) is 1. The molecule has 5 nitrogen and oxygen atoms in total. The molecule has 0 N–H and O–H groups in total. The van der Waals surface area contributed by atoms with E-state index in [-0.39, 0.29) is 11.8 Å². The van der Waals surface area contributed by atoms with E-state index in [1.54, 1.807) is 4.90 Å². The maximum Gasteiger partial charge on any atom is 0.231 e. The highest BCUT2D eigenvalue weighted by Gasteiger charge is 2.35. The summed E-state index contributed by atoms with van der Waals surface area (Å²) in [6.45, 7) is 5.39. The Morgan fingerprint density at radius 2 is 2.00 bits per heavy atom. The highest BCUT2D eigenvalue weighted by atomic mass is 32.1. The second kappa shape index (κ2) is 7.08. The summed E-state index contributed by atoms with van der Waals surface area (Å²) in [4.78, 5) is 14.2. The number of hydrogen-bond donors (Lipinski definition) is 0. The Labute approximate surface area is 140 Å². The minimum atomic E-state index is 0.194. The molecule has 0 bridgehead atoms. The summed E-state index contributed by atoms with van der Waals surface area (Å²) in [7, 11) is 0. The molecule has 1 aliphatic carbocycles. The third kappa shape index (κ3) is 3.69. The molecule has 1 aromatic heterocycles. The first-order valence-corrected chi connectivity index (χ1v) is 8.92. The van der Waals surface area contributed by atoms with Gasteiger partial charge in [0.1, 0.15) is 10.8 Å². The van der Waals surface area contributed by atoms with Gasteiger partial charge >= 0.3 is 0 Å². The largest absolute Gasteiger partial charge is 0.494 e. The van der Waals surface area contributed by atoms with Crippen LogP contribution in [0.4, 0.5) is 5.13 Å². The van der Waals surface area contributed by atoms with Crippen molar-refractivity contribution in [2.24, 2.45) is 5.92 Å². The third-order valence-corrected chi connectivity index (χ3v) is 4.69. The van der Waals surface area contributed by atoms with Crippen LogP contribution >= 0.6 is 11.3 Å². The standard InChI is InChI=1S/C17H21N3O2S/c1-3-11-20(16(21)13-5-6-13)17-19-18-15(23-17)12-7-9-14(10-8-12)22-4-2/h7-10,13H,3-6,11H2,1-2H3. The summed E-state index contributed by atoms with van der Waals surface area (Å²) < 4.78 is 5.45. The van der Waals surface area contributed by atoms with E-state index in [2.05, 4.69) is 17.1 Å². The zero-order chi connectivity index (χ0) is 16.2. The van der Waals surface area contributed by atoms with Gasteiger partial charge < -0.3 is 4.74 Å². The van der Waals surface area contributed by atoms with Crippen molar-refractivity contribution in [2.75, 3.05) is 18.1 Å². The molecule has 23 heavy (non-hydrogen) atoms. The van der Waals surface area contributed by atoms with Crippen LogP contribution in [0.15, 0.2) is 24.3 Å². The first kappa shape index (κ1) is 15.9. The van der Waals surface area contributed by atoms with Crippen LogP contribution in [0.2, 0.25) is 0 Å². The van der Waals surface area contributed by atoms with Gasteiger partial charge in [0.05, 0.1) is 6.61 Å². The van der Waals surface area contributed by atoms with Gasteiger partial charge in [0.2, 0.25) is 11.0 Å². The molecule has 122 valence electrons. The summed E-state index contributed by atoms with van der Waals surface area (Å²) in [6.07, 6.45) is 2.92. The molecule has 1 saturated carbocycles. The molecule has 0 atom stereocenters. The fourth-order valence-corrected chi connectivity index (χ4v) is 3.26. The average molecular weight is 331 g/mol. The molecule has 3 rings (SSSR count). The topological polar surface area (TPSA) is 55.3 Å². The van der Waals surface area contributed by atoms with E-state index >= 15 is 0 Å². The molecule has 6 heteroatoms. The van der Waals surface area contributed by atoms with Crippen molar-refractivity contribution in [1.82, 2.24) is 10.2 Å². The summed E-state index contributed by atoms with van der Waals surface area (Å²) in [5, 5.41) is 10.0. The molecule has 0 spiro atoms. The predicted molar refractivity (Wildman–Crippen MR) is 91.9 cm³/mol. The Hall–Kier alpha value is -1.95. The third-order valence-electron chi connectivity index (χ3n) is 3.70. The van der Waals surface area contributed by atoms with Gasteiger partial charge in [0.25, 0.3) is 0 Å². The van der Waals surface area contributed by atoms with Crippen molar-refractivity contribution in [1.29, 1.82) is 0 Å². The lowest BCUT2D eigenvalue weighted by atomic mass is 10.2. The molecule has 1 aliphatic rings. The second-order valence-electron chi connectivity index (χ2n) is 5.61. The van der Waals surface area contributed by atoms with Crippen molar-refractivity contribution >= 4 is 22.4 Å². The molecular weight excluding hydrogens is 310 g/mol. The van der Waals surface area contributed by atoms with Gasteiger partial charge in [-0.15, -0.1) is 10.2 Å². The first-order chi connectivity index (χ1) is 11.2. The van der Waals surface area contributed by atoms with Crippen LogP contribution in [0.3, 0.4) is 0 Å². The van der Waals surface area contributed by atoms with E-state index in [9.17, 15) is 4.79 Å². The summed E-state index contributed by atoms with van der Waals surface area (Å²) in [6, 6.07) is 7.81. The van der Waals surface area contributed by atoms with E-state index < -0.39 is 0 Å². The van der Waals surface area contributed by atoms with Crippen molar-refractivity contribution in [2.45, 2.75) is 33.1 Å². The Kier molecular flexibility index (Phi) is 4.91. The van der Waals surface area contributed by atoms with Crippen molar-refractivity contribution in [3.05, 3.63) is 24.3 Å². The normalized spacial score (nSPS) is 13.8. The number of carbonyl (C=O) groups excluding carboxylic acids is 1. The van der Waals surface area contributed by atoms with Crippen LogP contribution in [-0.4, -0.2) is 29.3 Å². The second-order valence-corrected chi connectivity index (χ2v) is 6.57. The van der Waals surface area contributed by atoms with Gasteiger partial charge in [-0.1, -0.05) is 18.3 Å². The lowest BCUT2D eigenvalue weighted by Gasteiger charge is -2.17. The Morgan fingerprint density at radius 3 is 2.61 bits per heavy atom. The van der Waals surface area contributed by atoms with E-state index in [1.165, 1.54) is 11.3 Å². The summed E-state index contributed by atoms with van der Waals surface area (Å²) in [5.41, 5.74) is 0.993. The van der Waals surface area contributed by atoms with E-state index in [4.69, 9.17) is 4.74 Å². The number of carbonyl (C=O) groups is 1. The lowest BCUT2D eigenvalue weighted by molar-refractivity contribution is -0.119. The van der Waals surface area contributed by atoms with Gasteiger partial charge in [-0.3, -0.25) is 9.69 Å². The maximum absolute atomic E-state index is 12.4. The summed E-state index contributed by atoms with van der Waals surface area (Å²) in [5.74, 6) is 1.23. The smallest absolute Gasteiger partial charge is 0.231 e. The molecule has 2 aromatic rings. The lowest BCUT2D eigenvalue weighted by Crippen LogP contribution is -2.32. The molecular formula is C17H21N3O2S. The molecule has 1 heterocycles. The van der Waals surface area contributed by atoms with E-state index in [0.717, 1.165) is 35.6 Å². The SMILES string of the molecule is CCCN(C(=O)C1CC1)c1nnc(-c2ccc(OCC)cc2)s1. The van der Waals surface area contributed by atoms with Gasteiger partial charge in [-0.25, -0.2) is 0 Å². The average Bonchev–Trinajstić information content (AvgIpc) is 3.31. The Morgan fingerprint density at radius 1 is 1.26 bits per heavy atom. The molecule has 1 aromatic carbocycles. The molecule has 1 fully saturated rings. The van der Waals surface area contributed by atoms with Gasteiger partial charge in [-0.2, -0.15) is 0 Å². The highest BCUT2D eigenvalue weighted by Crippen LogP contribution is 2.35. The molecule has 0 aliphatic heterocycles. The van der Waals surface area contributed by atoms with Gasteiger partial charge in [-0.05, 0) is 50.5 Å². The van der Waals surface area contributed by atoms with Gasteiger partial charge in [0, 0.05) is 18.0 Å². The number of benzene rings is 1. The number of hydrogen-bond acceptors (Lipinski definition) is 5. The van der Waals surface area contributed by atoms with Crippen LogP contribution in [0.1, 0.15) is 33.1 Å². The quantitative estimate of drug-likeness (QED) is 0.775. The molecule has 0 radical (unpaired) electrons. The van der Waals surface area contributed by atoms with Crippen LogP contribution in [0.5, 0.6) is 5.75 Å². The number of anilines is 1. The van der Waals surface area contributed by atoms with E-state index in [0.29, 0.717) is 18.3 Å². The van der Waals surface area contributed by atoms with Crippen LogP contribution in [0.25, 0.3) is 10.6 Å². The van der Waals surface area contributed by atoms with Crippen molar-refractivity contribution in [3.63, 3.8) is 0 Å². The fourth-order valence-electron chi connectivity index (χ4n) is 2.38. The molecule has 0 saturated heterocycles. The Bertz CT molecular complexity index is 665. The molecule has 1 amide bonds. The molecule has 0 unspecified atom stereocenters. The highest BCUT2D eigenvalue weighted by molar-refractivity contribution is 7.18. The Balaban J connectivity index is 1.79. The fraction of sp³-hybridized carbons (Fsp3) is 0.471. The number of rotatable bonds is 7. The minimum Gasteiger partial charge on any atom is -0.494 e. The number of amides is 1. The zero-order valence-electron chi connectivity index (χ0n) is 13.5. The maximum atomic E-state index is 12.4. The van der Waals surface area contributed by atoms with E-state index in [1.807, 2.05) is 31.2 Å². The number of nitrogens with zero attached hydrogens (tertiary/aromatic N) is 3. The van der Waals surface area contributed by atoms with Crippen LogP contribution < -0.4 is 9.64 Å². The number of aromatic nitrogens is 2. The first-order valence-electron chi connectivity index (χ1n) is 8.11. The minimum absolute atomic E-state index is 0.194. The van der Waals surface area contributed by atoms with Crippen molar-refractivity contribution in [3.8, 4) is 16.3 Å². The van der Waals surface area contributed by atoms with Crippen molar-refractivity contribution < 1.29 is 9.53 Å². The van der Waals surface area contributed by atoms with Gasteiger partial charge in [0.15, 0.2) is 0 Å². The van der Waals surface area contributed by atoms with Crippen LogP contribution in [0, 0.1) is 5.92 Å².